The minimum absolute atomic E-state index is 0.0179. The fourth-order valence-corrected chi connectivity index (χ4v) is 3.77. The average molecular weight is 444 g/mol. The minimum Gasteiger partial charge on any atom is -0.368 e. The monoisotopic (exact) mass is 443 g/mol. The lowest BCUT2D eigenvalue weighted by atomic mass is 10.2. The van der Waals surface area contributed by atoms with E-state index < -0.39 is 16.1 Å². The Morgan fingerprint density at radius 2 is 1.68 bits per heavy atom. The van der Waals surface area contributed by atoms with E-state index in [1.165, 1.54) is 6.08 Å². The molecule has 0 spiro atoms. The van der Waals surface area contributed by atoms with Crippen molar-refractivity contribution in [2.45, 2.75) is 25.4 Å². The van der Waals surface area contributed by atoms with Crippen molar-refractivity contribution in [1.29, 1.82) is 0 Å². The quantitative estimate of drug-likeness (QED) is 0.551. The maximum atomic E-state index is 12.1. The molecule has 0 aliphatic carbocycles. The largest absolute Gasteiger partial charge is 0.368 e. The summed E-state index contributed by atoms with van der Waals surface area (Å²) >= 11 is 0. The number of hydrogen-bond donors (Lipinski definition) is 3. The molecule has 31 heavy (non-hydrogen) atoms. The maximum Gasteiger partial charge on any atom is 0.253 e. The molecule has 2 aromatic carbocycles. The van der Waals surface area contributed by atoms with Gasteiger partial charge in [0.1, 0.15) is 6.10 Å². The highest BCUT2D eigenvalue weighted by molar-refractivity contribution is 7.92. The lowest BCUT2D eigenvalue weighted by molar-refractivity contribution is -0.124. The average Bonchev–Trinajstić information content (AvgIpc) is 3.30. The molecule has 2 aromatic rings. The van der Waals surface area contributed by atoms with Crippen LogP contribution >= 0.6 is 0 Å². The van der Waals surface area contributed by atoms with Gasteiger partial charge in [0.15, 0.2) is 0 Å². The van der Waals surface area contributed by atoms with Crippen LogP contribution in [-0.2, 0) is 24.3 Å². The predicted molar refractivity (Wildman–Crippen MR) is 120 cm³/mol. The Kier molecular flexibility index (Phi) is 7.94. The van der Waals surface area contributed by atoms with Crippen LogP contribution in [0.3, 0.4) is 0 Å². The number of carbonyl (C=O) groups is 2. The van der Waals surface area contributed by atoms with E-state index in [9.17, 15) is 18.0 Å². The minimum atomic E-state index is -3.63. The van der Waals surface area contributed by atoms with Gasteiger partial charge in [-0.2, -0.15) is 0 Å². The van der Waals surface area contributed by atoms with E-state index in [-0.39, 0.29) is 24.8 Å². The third-order valence-corrected chi connectivity index (χ3v) is 5.65. The van der Waals surface area contributed by atoms with E-state index in [1.54, 1.807) is 36.4 Å². The topological polar surface area (TPSA) is 114 Å². The molecule has 1 aliphatic rings. The highest BCUT2D eigenvalue weighted by Gasteiger charge is 2.23. The summed E-state index contributed by atoms with van der Waals surface area (Å²) in [6, 6.07) is 15.7. The molecule has 0 aromatic heterocycles. The van der Waals surface area contributed by atoms with Crippen LogP contribution in [-0.4, -0.2) is 39.5 Å². The van der Waals surface area contributed by atoms with Crippen LogP contribution < -0.4 is 15.4 Å². The van der Waals surface area contributed by atoms with Gasteiger partial charge in [-0.05, 0) is 48.7 Å². The molecular weight excluding hydrogens is 418 g/mol. The van der Waals surface area contributed by atoms with Crippen molar-refractivity contribution in [3.05, 3.63) is 65.6 Å². The summed E-state index contributed by atoms with van der Waals surface area (Å²) in [6.07, 6.45) is 2.65. The molecule has 1 unspecified atom stereocenters. The lowest BCUT2D eigenvalue weighted by Crippen LogP contribution is -2.27. The van der Waals surface area contributed by atoms with Crippen LogP contribution in [0.4, 0.5) is 11.4 Å². The Bertz CT molecular complexity index is 1010. The number of rotatable bonds is 9. The first-order valence-corrected chi connectivity index (χ1v) is 11.5. The molecule has 1 fully saturated rings. The second kappa shape index (κ2) is 10.9. The number of ether oxygens (including phenoxy) is 1. The normalized spacial score (nSPS) is 16.3. The van der Waals surface area contributed by atoms with Gasteiger partial charge >= 0.3 is 0 Å². The van der Waals surface area contributed by atoms with Crippen molar-refractivity contribution in [3.63, 3.8) is 0 Å². The van der Waals surface area contributed by atoms with Crippen molar-refractivity contribution in [1.82, 2.24) is 4.72 Å². The van der Waals surface area contributed by atoms with E-state index in [2.05, 4.69) is 15.4 Å². The van der Waals surface area contributed by atoms with Crippen molar-refractivity contribution < 1.29 is 22.7 Å². The first kappa shape index (κ1) is 22.7. The van der Waals surface area contributed by atoms with Gasteiger partial charge in [-0.15, -0.1) is 0 Å². The predicted octanol–water partition coefficient (Wildman–Crippen LogP) is 2.72. The molecular formula is C22H25N3O5S. The van der Waals surface area contributed by atoms with Crippen LogP contribution in [0.25, 0.3) is 6.08 Å². The molecule has 0 saturated carbocycles. The van der Waals surface area contributed by atoms with E-state index in [4.69, 9.17) is 4.74 Å². The maximum absolute atomic E-state index is 12.1. The molecule has 1 aliphatic heterocycles. The Labute approximate surface area is 181 Å². The Morgan fingerprint density at radius 3 is 2.32 bits per heavy atom. The summed E-state index contributed by atoms with van der Waals surface area (Å²) < 4.78 is 31.7. The van der Waals surface area contributed by atoms with Gasteiger partial charge in [0, 0.05) is 36.4 Å². The van der Waals surface area contributed by atoms with Gasteiger partial charge in [-0.1, -0.05) is 30.3 Å². The van der Waals surface area contributed by atoms with Gasteiger partial charge in [0.25, 0.3) is 5.91 Å². The van der Waals surface area contributed by atoms with Crippen molar-refractivity contribution >= 4 is 39.3 Å². The van der Waals surface area contributed by atoms with E-state index in [0.29, 0.717) is 24.4 Å². The van der Waals surface area contributed by atoms with Crippen LogP contribution in [0, 0.1) is 0 Å². The zero-order valence-electron chi connectivity index (χ0n) is 16.9. The van der Waals surface area contributed by atoms with Gasteiger partial charge in [0.05, 0.1) is 0 Å². The molecule has 2 amide bonds. The highest BCUT2D eigenvalue weighted by atomic mass is 32.2. The van der Waals surface area contributed by atoms with E-state index in [1.807, 2.05) is 18.2 Å². The van der Waals surface area contributed by atoms with Crippen molar-refractivity contribution in [3.8, 4) is 0 Å². The fourth-order valence-electron chi connectivity index (χ4n) is 2.95. The second-order valence-corrected chi connectivity index (χ2v) is 8.67. The molecule has 1 heterocycles. The molecule has 164 valence electrons. The summed E-state index contributed by atoms with van der Waals surface area (Å²) in [5, 5.41) is 6.55. The van der Waals surface area contributed by atoms with Gasteiger partial charge in [-0.25, -0.2) is 13.1 Å². The SMILES string of the molecule is O=C(CCNS(=O)(=O)/C=C/c1ccccc1)Nc1ccc(NC(=O)C2CCCO2)cc1. The summed E-state index contributed by atoms with van der Waals surface area (Å²) in [5.41, 5.74) is 1.92. The zero-order chi connectivity index (χ0) is 22.1. The van der Waals surface area contributed by atoms with Crippen LogP contribution in [0.15, 0.2) is 60.0 Å². The highest BCUT2D eigenvalue weighted by Crippen LogP contribution is 2.17. The Morgan fingerprint density at radius 1 is 1.00 bits per heavy atom. The number of anilines is 2. The Balaban J connectivity index is 1.41. The second-order valence-electron chi connectivity index (χ2n) is 7.02. The van der Waals surface area contributed by atoms with Gasteiger partial charge < -0.3 is 15.4 Å². The lowest BCUT2D eigenvalue weighted by Gasteiger charge is -2.11. The smallest absolute Gasteiger partial charge is 0.253 e. The zero-order valence-corrected chi connectivity index (χ0v) is 17.7. The molecule has 0 radical (unpaired) electrons. The molecule has 9 heteroatoms. The summed E-state index contributed by atoms with van der Waals surface area (Å²) in [7, 11) is -3.63. The fraction of sp³-hybridized carbons (Fsp3) is 0.273. The van der Waals surface area contributed by atoms with Crippen molar-refractivity contribution in [2.24, 2.45) is 0 Å². The summed E-state index contributed by atoms with van der Waals surface area (Å²) in [6.45, 7) is 0.575. The molecule has 0 bridgehead atoms. The van der Waals surface area contributed by atoms with Crippen LogP contribution in [0.5, 0.6) is 0 Å². The number of hydrogen-bond acceptors (Lipinski definition) is 5. The van der Waals surface area contributed by atoms with Crippen LogP contribution in [0.1, 0.15) is 24.8 Å². The first-order valence-electron chi connectivity index (χ1n) is 9.96. The standard InChI is InChI=1S/C22H25N3O5S/c26-21(12-14-23-31(28,29)16-13-17-5-2-1-3-6-17)24-18-8-10-19(11-9-18)25-22(27)20-7-4-15-30-20/h1-3,5-6,8-11,13,16,20,23H,4,7,12,14-15H2,(H,24,26)(H,25,27)/b16-13+. The third-order valence-electron chi connectivity index (χ3n) is 4.55. The molecule has 1 saturated heterocycles. The number of carbonyl (C=O) groups excluding carboxylic acids is 2. The molecule has 3 rings (SSSR count). The van der Waals surface area contributed by atoms with E-state index >= 15 is 0 Å². The molecule has 8 nitrogen and oxygen atoms in total. The van der Waals surface area contributed by atoms with Crippen LogP contribution in [0.2, 0.25) is 0 Å². The number of nitrogens with one attached hydrogen (secondary N) is 3. The Hall–Kier alpha value is -3.01. The molecule has 1 atom stereocenters. The number of amides is 2. The van der Waals surface area contributed by atoms with E-state index in [0.717, 1.165) is 17.4 Å². The van der Waals surface area contributed by atoms with Gasteiger partial charge in [-0.3, -0.25) is 9.59 Å². The number of sulfonamides is 1. The van der Waals surface area contributed by atoms with Crippen molar-refractivity contribution in [2.75, 3.05) is 23.8 Å². The third kappa shape index (κ3) is 7.63. The summed E-state index contributed by atoms with van der Waals surface area (Å²) in [5.74, 6) is -0.506. The summed E-state index contributed by atoms with van der Waals surface area (Å²) in [4.78, 5) is 24.1. The first-order chi connectivity index (χ1) is 14.9. The molecule has 3 N–H and O–H groups in total. The number of benzene rings is 2. The van der Waals surface area contributed by atoms with Gasteiger partial charge in [0.2, 0.25) is 15.9 Å².